The fourth-order valence-electron chi connectivity index (χ4n) is 0.588. The van der Waals surface area contributed by atoms with Crippen LogP contribution in [-0.2, 0) is 0 Å². The Kier molecular flexibility index (Phi) is 4.77. The summed E-state index contributed by atoms with van der Waals surface area (Å²) in [6.45, 7) is 3.57. The van der Waals surface area contributed by atoms with Crippen molar-refractivity contribution in [2.45, 2.75) is 0 Å². The molecule has 1 heterocycles. The first-order valence-corrected chi connectivity index (χ1v) is 3.24. The molecule has 0 saturated carbocycles. The lowest BCUT2D eigenvalue weighted by Crippen LogP contribution is -1.88. The molecule has 1 aromatic rings. The van der Waals surface area contributed by atoms with Gasteiger partial charge in [-0.15, -0.1) is 0 Å². The van der Waals surface area contributed by atoms with Crippen molar-refractivity contribution >= 4 is 11.8 Å². The molecule has 4 N–H and O–H groups in total. The number of nitrogens with zero attached hydrogens (tertiary/aromatic N) is 1. The zero-order valence-corrected chi connectivity index (χ0v) is 6.62. The second-order valence-electron chi connectivity index (χ2n) is 1.71. The second kappa shape index (κ2) is 5.44. The number of nitrogen functional groups attached to an aromatic ring is 1. The summed E-state index contributed by atoms with van der Waals surface area (Å²) < 4.78 is 0. The minimum Gasteiger partial charge on any atom is -0.398 e. The highest BCUT2D eigenvalue weighted by Crippen LogP contribution is 2.08. The Morgan fingerprint density at radius 1 is 1.55 bits per heavy atom. The zero-order chi connectivity index (χ0) is 8.69. The molecule has 0 spiro atoms. The van der Waals surface area contributed by atoms with Gasteiger partial charge in [-0.1, -0.05) is 12.7 Å². The van der Waals surface area contributed by atoms with Gasteiger partial charge in [0.2, 0.25) is 0 Å². The highest BCUT2D eigenvalue weighted by Gasteiger charge is 1.88. The molecule has 1 rings (SSSR count). The molecule has 0 unspecified atom stereocenters. The first kappa shape index (κ1) is 9.65. The Labute approximate surface area is 66.7 Å². The average molecular weight is 151 g/mol. The number of hydrogen-bond donors (Lipinski definition) is 2. The van der Waals surface area contributed by atoms with Crippen LogP contribution in [0, 0.1) is 0 Å². The van der Waals surface area contributed by atoms with Gasteiger partial charge in [0.25, 0.3) is 0 Å². The van der Waals surface area contributed by atoms with Crippen molar-refractivity contribution in [1.29, 1.82) is 0 Å². The largest absolute Gasteiger partial charge is 0.398 e. The molecule has 0 bridgehead atoms. The normalized spacial score (nSPS) is 7.82. The molecule has 0 atom stereocenters. The minimum absolute atomic E-state index is 0.722. The lowest BCUT2D eigenvalue weighted by molar-refractivity contribution is 1.32. The van der Waals surface area contributed by atoms with Crippen LogP contribution >= 0.6 is 0 Å². The van der Waals surface area contributed by atoms with E-state index in [1.165, 1.54) is 7.05 Å². The molecule has 0 aromatic carbocycles. The molecule has 0 radical (unpaired) electrons. The molecule has 3 nitrogen and oxygen atoms in total. The van der Waals surface area contributed by atoms with Crippen LogP contribution < -0.4 is 11.5 Å². The van der Waals surface area contributed by atoms with E-state index in [0.717, 1.165) is 11.3 Å². The summed E-state index contributed by atoms with van der Waals surface area (Å²) in [4.78, 5) is 3.87. The van der Waals surface area contributed by atoms with Crippen LogP contribution in [0.2, 0.25) is 0 Å². The quantitative estimate of drug-likeness (QED) is 0.626. The molecule has 0 saturated heterocycles. The van der Waals surface area contributed by atoms with Crippen molar-refractivity contribution in [3.8, 4) is 0 Å². The second-order valence-corrected chi connectivity index (χ2v) is 1.71. The molecule has 0 aliphatic carbocycles. The monoisotopic (exact) mass is 151 g/mol. The number of nitrogens with two attached hydrogens (primary N) is 2. The van der Waals surface area contributed by atoms with E-state index in [0.29, 0.717) is 0 Å². The number of anilines is 1. The summed E-state index contributed by atoms with van der Waals surface area (Å²) in [5.41, 5.74) is 11.6. The van der Waals surface area contributed by atoms with Gasteiger partial charge in [-0.3, -0.25) is 4.98 Å². The summed E-state index contributed by atoms with van der Waals surface area (Å²) in [6.07, 6.45) is 5.02. The maximum Gasteiger partial charge on any atom is 0.0418 e. The summed E-state index contributed by atoms with van der Waals surface area (Å²) in [7, 11) is 1.50. The lowest BCUT2D eigenvalue weighted by atomic mass is 10.2. The molecular weight excluding hydrogens is 138 g/mol. The Morgan fingerprint density at radius 3 is 2.55 bits per heavy atom. The average Bonchev–Trinajstić information content (AvgIpc) is 2.09. The summed E-state index contributed by atoms with van der Waals surface area (Å²) in [5, 5.41) is 0. The van der Waals surface area contributed by atoms with Crippen molar-refractivity contribution < 1.29 is 0 Å². The molecule has 1 aromatic heterocycles. The van der Waals surface area contributed by atoms with Gasteiger partial charge in [0, 0.05) is 23.6 Å². The number of hydrogen-bond acceptors (Lipinski definition) is 3. The van der Waals surface area contributed by atoms with E-state index in [4.69, 9.17) is 5.73 Å². The minimum atomic E-state index is 0.722. The van der Waals surface area contributed by atoms with E-state index >= 15 is 0 Å². The number of aromatic nitrogens is 1. The van der Waals surface area contributed by atoms with Gasteiger partial charge in [0.15, 0.2) is 0 Å². The fraction of sp³-hybridized carbons (Fsp3) is 0.125. The van der Waals surface area contributed by atoms with Gasteiger partial charge in [-0.2, -0.15) is 0 Å². The molecule has 60 valence electrons. The zero-order valence-electron chi connectivity index (χ0n) is 6.62. The highest BCUT2D eigenvalue weighted by molar-refractivity contribution is 5.61. The Bertz CT molecular complexity index is 220. The van der Waals surface area contributed by atoms with Crippen LogP contribution in [0.4, 0.5) is 5.69 Å². The lowest BCUT2D eigenvalue weighted by Gasteiger charge is -1.94. The fourth-order valence-corrected chi connectivity index (χ4v) is 0.588. The van der Waals surface area contributed by atoms with Crippen LogP contribution in [0.15, 0.2) is 25.0 Å². The van der Waals surface area contributed by atoms with Crippen LogP contribution in [0.1, 0.15) is 5.56 Å². The third kappa shape index (κ3) is 2.82. The standard InChI is InChI=1S/C7H8N2.CH5N/c1-2-6-5-9-4-3-7(6)8;1-2/h2-5H,1H2,(H2,8,9);2H2,1H3. The van der Waals surface area contributed by atoms with Gasteiger partial charge in [0.1, 0.15) is 0 Å². The maximum absolute atomic E-state index is 5.52. The Hall–Kier alpha value is -1.35. The third-order valence-electron chi connectivity index (χ3n) is 1.11. The van der Waals surface area contributed by atoms with E-state index < -0.39 is 0 Å². The Balaban J connectivity index is 0.000000461. The van der Waals surface area contributed by atoms with Crippen molar-refractivity contribution in [1.82, 2.24) is 4.98 Å². The number of rotatable bonds is 1. The summed E-state index contributed by atoms with van der Waals surface area (Å²) in [6, 6.07) is 1.75. The third-order valence-corrected chi connectivity index (χ3v) is 1.11. The van der Waals surface area contributed by atoms with E-state index in [2.05, 4.69) is 17.3 Å². The van der Waals surface area contributed by atoms with Gasteiger partial charge in [-0.25, -0.2) is 0 Å². The molecule has 0 fully saturated rings. The Morgan fingerprint density at radius 2 is 2.18 bits per heavy atom. The van der Waals surface area contributed by atoms with Gasteiger partial charge < -0.3 is 11.5 Å². The van der Waals surface area contributed by atoms with Gasteiger partial charge >= 0.3 is 0 Å². The van der Waals surface area contributed by atoms with Crippen LogP contribution in [-0.4, -0.2) is 12.0 Å². The smallest absolute Gasteiger partial charge is 0.0418 e. The molecule has 0 aliphatic rings. The predicted octanol–water partition coefficient (Wildman–Crippen LogP) is 0.882. The van der Waals surface area contributed by atoms with Crippen molar-refractivity contribution in [2.24, 2.45) is 5.73 Å². The van der Waals surface area contributed by atoms with Crippen LogP contribution in [0.25, 0.3) is 6.08 Å². The van der Waals surface area contributed by atoms with Crippen molar-refractivity contribution in [2.75, 3.05) is 12.8 Å². The summed E-state index contributed by atoms with van der Waals surface area (Å²) in [5.74, 6) is 0. The van der Waals surface area contributed by atoms with Crippen LogP contribution in [0.5, 0.6) is 0 Å². The van der Waals surface area contributed by atoms with E-state index in [-0.39, 0.29) is 0 Å². The van der Waals surface area contributed by atoms with Crippen molar-refractivity contribution in [3.63, 3.8) is 0 Å². The first-order valence-electron chi connectivity index (χ1n) is 3.24. The summed E-state index contributed by atoms with van der Waals surface area (Å²) >= 11 is 0. The van der Waals surface area contributed by atoms with E-state index in [1.807, 2.05) is 0 Å². The van der Waals surface area contributed by atoms with E-state index in [1.54, 1.807) is 24.5 Å². The van der Waals surface area contributed by atoms with E-state index in [9.17, 15) is 0 Å². The molecule has 0 aliphatic heterocycles. The molecular formula is C8H13N3. The van der Waals surface area contributed by atoms with Gasteiger partial charge in [-0.05, 0) is 13.1 Å². The van der Waals surface area contributed by atoms with Crippen molar-refractivity contribution in [3.05, 3.63) is 30.6 Å². The molecule has 3 heteroatoms. The first-order chi connectivity index (χ1) is 5.34. The topological polar surface area (TPSA) is 64.9 Å². The predicted molar refractivity (Wildman–Crippen MR) is 48.9 cm³/mol. The molecule has 11 heavy (non-hydrogen) atoms. The van der Waals surface area contributed by atoms with Gasteiger partial charge in [0.05, 0.1) is 0 Å². The maximum atomic E-state index is 5.52. The highest BCUT2D eigenvalue weighted by atomic mass is 14.7. The van der Waals surface area contributed by atoms with Crippen LogP contribution in [0.3, 0.4) is 0 Å². The number of pyridine rings is 1. The molecule has 0 amide bonds. The SMILES string of the molecule is C=Cc1cnccc1N.CN.